The van der Waals surface area contributed by atoms with E-state index in [-0.39, 0.29) is 0 Å². The first-order valence-electron chi connectivity index (χ1n) is 4.00. The van der Waals surface area contributed by atoms with E-state index >= 15 is 0 Å². The molecule has 0 saturated heterocycles. The lowest BCUT2D eigenvalue weighted by molar-refractivity contribution is 0.415. The van der Waals surface area contributed by atoms with Gasteiger partial charge in [-0.3, -0.25) is 0 Å². The molecule has 0 bridgehead atoms. The van der Waals surface area contributed by atoms with Crippen molar-refractivity contribution in [3.8, 4) is 0 Å². The zero-order chi connectivity index (χ0) is 8.97. The first-order chi connectivity index (χ1) is 5.72. The molecule has 68 valence electrons. The van der Waals surface area contributed by atoms with Crippen molar-refractivity contribution in [2.24, 2.45) is 0 Å². The van der Waals surface area contributed by atoms with Gasteiger partial charge in [-0.05, 0) is 38.9 Å². The molecule has 0 saturated carbocycles. The molecule has 3 heteroatoms. The zero-order valence-electron chi connectivity index (χ0n) is 7.83. The predicted octanol–water partition coefficient (Wildman–Crippen LogP) is 2.57. The molecule has 0 N–H and O–H groups in total. The van der Waals surface area contributed by atoms with Gasteiger partial charge in [0, 0.05) is 11.4 Å². The number of hydrogen-bond acceptors (Lipinski definition) is 3. The first kappa shape index (κ1) is 10.1. The fourth-order valence-electron chi connectivity index (χ4n) is 0.936. The molecule has 0 fully saturated rings. The Morgan fingerprint density at radius 2 is 2.17 bits per heavy atom. The minimum atomic E-state index is 1.15. The second-order valence-corrected chi connectivity index (χ2v) is 5.25. The number of hydrogen-bond donors (Lipinski definition) is 0. The molecule has 12 heavy (non-hydrogen) atoms. The van der Waals surface area contributed by atoms with Crippen molar-refractivity contribution < 1.29 is 0 Å². The lowest BCUT2D eigenvalue weighted by Gasteiger charge is -2.06. The van der Waals surface area contributed by atoms with E-state index in [1.807, 2.05) is 23.1 Å². The van der Waals surface area contributed by atoms with Crippen LogP contribution >= 0.6 is 23.1 Å². The molecule has 0 amide bonds. The summed E-state index contributed by atoms with van der Waals surface area (Å²) in [5.74, 6) is 0. The molecule has 1 nitrogen and oxygen atoms in total. The number of thioether (sulfide) groups is 1. The van der Waals surface area contributed by atoms with E-state index in [1.165, 1.54) is 15.5 Å². The molecule has 1 aromatic rings. The molecule has 0 aliphatic rings. The largest absolute Gasteiger partial charge is 0.309 e. The maximum Gasteiger partial charge on any atom is 0.0598 e. The Balaban J connectivity index is 2.41. The van der Waals surface area contributed by atoms with E-state index in [0.29, 0.717) is 0 Å². The molecule has 0 radical (unpaired) electrons. The standard InChI is InChI=1S/C9H15NS2/c1-10(2)7-6-8-4-5-9(11-3)12-8/h4-5H,6-7H2,1-3H3. The molecule has 0 atom stereocenters. The van der Waals surface area contributed by atoms with Crippen LogP contribution in [0.5, 0.6) is 0 Å². The van der Waals surface area contributed by atoms with Crippen molar-refractivity contribution in [1.82, 2.24) is 4.90 Å². The van der Waals surface area contributed by atoms with Crippen molar-refractivity contribution in [2.75, 3.05) is 26.9 Å². The van der Waals surface area contributed by atoms with Gasteiger partial charge in [-0.15, -0.1) is 23.1 Å². The van der Waals surface area contributed by atoms with Crippen LogP contribution < -0.4 is 0 Å². The van der Waals surface area contributed by atoms with E-state index in [1.54, 1.807) is 0 Å². The molecule has 1 aromatic heterocycles. The Morgan fingerprint density at radius 3 is 2.67 bits per heavy atom. The summed E-state index contributed by atoms with van der Waals surface area (Å²) in [7, 11) is 4.23. The van der Waals surface area contributed by atoms with Crippen molar-refractivity contribution in [2.45, 2.75) is 10.6 Å². The van der Waals surface area contributed by atoms with Crippen LogP contribution in [0.15, 0.2) is 16.3 Å². The maximum absolute atomic E-state index is 2.24. The summed E-state index contributed by atoms with van der Waals surface area (Å²) < 4.78 is 1.42. The van der Waals surface area contributed by atoms with Crippen LogP contribution in [0, 0.1) is 0 Å². The van der Waals surface area contributed by atoms with E-state index in [0.717, 1.165) is 6.54 Å². The van der Waals surface area contributed by atoms with E-state index < -0.39 is 0 Å². The lowest BCUT2D eigenvalue weighted by Crippen LogP contribution is -2.14. The summed E-state index contributed by atoms with van der Waals surface area (Å²) in [6.45, 7) is 1.15. The van der Waals surface area contributed by atoms with Gasteiger partial charge in [0.2, 0.25) is 0 Å². The maximum atomic E-state index is 2.24. The number of likely N-dealkylation sites (N-methyl/N-ethyl adjacent to an activating group) is 1. The smallest absolute Gasteiger partial charge is 0.0598 e. The Bertz CT molecular complexity index is 230. The molecular weight excluding hydrogens is 186 g/mol. The predicted molar refractivity (Wildman–Crippen MR) is 58.4 cm³/mol. The van der Waals surface area contributed by atoms with Gasteiger partial charge in [-0.25, -0.2) is 0 Å². The van der Waals surface area contributed by atoms with Crippen molar-refractivity contribution >= 4 is 23.1 Å². The van der Waals surface area contributed by atoms with Gasteiger partial charge in [0.1, 0.15) is 0 Å². The first-order valence-corrected chi connectivity index (χ1v) is 6.04. The van der Waals surface area contributed by atoms with E-state index in [4.69, 9.17) is 0 Å². The van der Waals surface area contributed by atoms with Crippen molar-refractivity contribution in [3.63, 3.8) is 0 Å². The third-order valence-corrected chi connectivity index (χ3v) is 3.87. The summed E-state index contributed by atoms with van der Waals surface area (Å²) >= 11 is 3.74. The molecular formula is C9H15NS2. The average molecular weight is 201 g/mol. The fourth-order valence-corrected chi connectivity index (χ4v) is 2.52. The number of rotatable bonds is 4. The van der Waals surface area contributed by atoms with Gasteiger partial charge < -0.3 is 4.90 Å². The Labute approximate surface area is 82.8 Å². The lowest BCUT2D eigenvalue weighted by atomic mass is 10.3. The Hall–Kier alpha value is 0.01000. The SMILES string of the molecule is CSc1ccc(CCN(C)C)s1. The van der Waals surface area contributed by atoms with Gasteiger partial charge in [-0.1, -0.05) is 0 Å². The van der Waals surface area contributed by atoms with Crippen LogP contribution in [0.3, 0.4) is 0 Å². The Kier molecular flexibility index (Phi) is 4.12. The summed E-state index contributed by atoms with van der Waals surface area (Å²) in [5.41, 5.74) is 0. The molecule has 1 heterocycles. The number of thiophene rings is 1. The third kappa shape index (κ3) is 3.17. The highest BCUT2D eigenvalue weighted by molar-refractivity contribution is 8.00. The quantitative estimate of drug-likeness (QED) is 0.689. The fraction of sp³-hybridized carbons (Fsp3) is 0.556. The van der Waals surface area contributed by atoms with Crippen LogP contribution in [-0.2, 0) is 6.42 Å². The molecule has 0 aliphatic carbocycles. The minimum Gasteiger partial charge on any atom is -0.309 e. The summed E-state index contributed by atoms with van der Waals surface area (Å²) in [4.78, 5) is 3.71. The normalized spacial score (nSPS) is 11.0. The highest BCUT2D eigenvalue weighted by atomic mass is 32.2. The third-order valence-electron chi connectivity index (χ3n) is 1.64. The zero-order valence-corrected chi connectivity index (χ0v) is 9.47. The van der Waals surface area contributed by atoms with Gasteiger partial charge in [0.25, 0.3) is 0 Å². The average Bonchev–Trinajstić information content (AvgIpc) is 2.48. The monoisotopic (exact) mass is 201 g/mol. The van der Waals surface area contributed by atoms with Crippen molar-refractivity contribution in [3.05, 3.63) is 17.0 Å². The summed E-state index contributed by atoms with van der Waals surface area (Å²) in [5, 5.41) is 0. The Morgan fingerprint density at radius 1 is 1.42 bits per heavy atom. The second-order valence-electron chi connectivity index (χ2n) is 2.98. The molecule has 0 unspecified atom stereocenters. The molecule has 0 aliphatic heterocycles. The van der Waals surface area contributed by atoms with Crippen LogP contribution in [0.1, 0.15) is 4.88 Å². The molecule has 0 spiro atoms. The minimum absolute atomic E-state index is 1.15. The van der Waals surface area contributed by atoms with Crippen LogP contribution in [0.25, 0.3) is 0 Å². The summed E-state index contributed by atoms with van der Waals surface area (Å²) in [6.07, 6.45) is 3.31. The summed E-state index contributed by atoms with van der Waals surface area (Å²) in [6, 6.07) is 4.44. The van der Waals surface area contributed by atoms with Crippen LogP contribution in [-0.4, -0.2) is 31.8 Å². The van der Waals surface area contributed by atoms with Crippen LogP contribution in [0.4, 0.5) is 0 Å². The van der Waals surface area contributed by atoms with Crippen molar-refractivity contribution in [1.29, 1.82) is 0 Å². The number of nitrogens with zero attached hydrogens (tertiary/aromatic N) is 1. The highest BCUT2D eigenvalue weighted by Gasteiger charge is 1.99. The molecule has 1 rings (SSSR count). The van der Waals surface area contributed by atoms with Crippen LogP contribution in [0.2, 0.25) is 0 Å². The highest BCUT2D eigenvalue weighted by Crippen LogP contribution is 2.25. The van der Waals surface area contributed by atoms with Gasteiger partial charge in [-0.2, -0.15) is 0 Å². The molecule has 0 aromatic carbocycles. The van der Waals surface area contributed by atoms with Gasteiger partial charge in [0.15, 0.2) is 0 Å². The van der Waals surface area contributed by atoms with E-state index in [2.05, 4.69) is 37.4 Å². The van der Waals surface area contributed by atoms with E-state index in [9.17, 15) is 0 Å². The van der Waals surface area contributed by atoms with Gasteiger partial charge >= 0.3 is 0 Å². The van der Waals surface area contributed by atoms with Gasteiger partial charge in [0.05, 0.1) is 4.21 Å². The topological polar surface area (TPSA) is 3.24 Å². The second kappa shape index (κ2) is 4.90.